The molecule has 3 heterocycles. The van der Waals surface area contributed by atoms with E-state index in [0.29, 0.717) is 43.0 Å². The maximum absolute atomic E-state index is 15.0. The van der Waals surface area contributed by atoms with Crippen LogP contribution in [-0.4, -0.2) is 90.4 Å². The van der Waals surface area contributed by atoms with Crippen LogP contribution in [0.25, 0.3) is 0 Å². The van der Waals surface area contributed by atoms with Crippen molar-refractivity contribution in [2.75, 3.05) is 54.1 Å². The highest BCUT2D eigenvalue weighted by molar-refractivity contribution is 6.07. The first-order valence-corrected chi connectivity index (χ1v) is 17.7. The lowest BCUT2D eigenvalue weighted by Crippen LogP contribution is -2.58. The minimum absolute atomic E-state index is 0.211. The Morgan fingerprint density at radius 2 is 1.49 bits per heavy atom. The van der Waals surface area contributed by atoms with E-state index >= 15 is 0 Å². The molecule has 49 heavy (non-hydrogen) atoms. The molecule has 3 fully saturated rings. The fourth-order valence-electron chi connectivity index (χ4n) is 8.41. The fourth-order valence-corrected chi connectivity index (χ4v) is 8.41. The van der Waals surface area contributed by atoms with Crippen molar-refractivity contribution in [3.05, 3.63) is 73.8 Å². The van der Waals surface area contributed by atoms with E-state index in [0.717, 1.165) is 18.8 Å². The number of hydrogen-bond donors (Lipinski definition) is 1. The summed E-state index contributed by atoms with van der Waals surface area (Å²) in [4.78, 5) is 51.5. The van der Waals surface area contributed by atoms with Crippen LogP contribution in [0.5, 0.6) is 5.75 Å². The van der Waals surface area contributed by atoms with Gasteiger partial charge < -0.3 is 34.2 Å². The Morgan fingerprint density at radius 1 is 0.939 bits per heavy atom. The van der Waals surface area contributed by atoms with Crippen LogP contribution in [0.4, 0.5) is 17.1 Å². The number of carbonyl (C=O) groups is 3. The van der Waals surface area contributed by atoms with Gasteiger partial charge in [-0.25, -0.2) is 0 Å². The molecule has 2 unspecified atom stereocenters. The zero-order chi connectivity index (χ0) is 35.5. The molecule has 6 atom stereocenters. The van der Waals surface area contributed by atoms with Crippen molar-refractivity contribution < 1.29 is 29.0 Å². The first-order chi connectivity index (χ1) is 23.6. The molecule has 0 aromatic heterocycles. The number of hydrogen-bond acceptors (Lipinski definition) is 7. The number of aliphatic hydroxyl groups excluding tert-OH is 1. The van der Waals surface area contributed by atoms with Crippen molar-refractivity contribution in [3.8, 4) is 5.75 Å². The normalized spacial score (nSPS) is 25.9. The van der Waals surface area contributed by atoms with Crippen LogP contribution in [0.2, 0.25) is 0 Å². The molecular formula is C39H52N4O6. The van der Waals surface area contributed by atoms with E-state index in [4.69, 9.17) is 9.47 Å². The maximum atomic E-state index is 15.0. The van der Waals surface area contributed by atoms with Crippen molar-refractivity contribution in [2.45, 2.75) is 77.2 Å². The van der Waals surface area contributed by atoms with Crippen LogP contribution in [0.3, 0.4) is 0 Å². The van der Waals surface area contributed by atoms with Gasteiger partial charge in [0.05, 0.1) is 36.7 Å². The van der Waals surface area contributed by atoms with Gasteiger partial charge in [-0.05, 0) is 95.5 Å². The van der Waals surface area contributed by atoms with E-state index in [1.54, 1.807) is 28.9 Å². The zero-order valence-corrected chi connectivity index (χ0v) is 29.6. The van der Waals surface area contributed by atoms with Crippen molar-refractivity contribution in [2.24, 2.45) is 11.8 Å². The highest BCUT2D eigenvalue weighted by Crippen LogP contribution is 2.65. The highest BCUT2D eigenvalue weighted by atomic mass is 16.5. The lowest BCUT2D eigenvalue weighted by Gasteiger charge is -2.38. The van der Waals surface area contributed by atoms with Crippen LogP contribution in [-0.2, 0) is 19.1 Å². The zero-order valence-electron chi connectivity index (χ0n) is 29.6. The number of likely N-dealkylation sites (tertiary alicyclic amines) is 1. The summed E-state index contributed by atoms with van der Waals surface area (Å²) in [5.74, 6) is -1.95. The van der Waals surface area contributed by atoms with E-state index in [1.807, 2.05) is 62.4 Å². The van der Waals surface area contributed by atoms with Crippen LogP contribution in [0.1, 0.15) is 53.9 Å². The largest absolute Gasteiger partial charge is 0.494 e. The van der Waals surface area contributed by atoms with Gasteiger partial charge in [0, 0.05) is 43.2 Å². The third kappa shape index (κ3) is 6.03. The van der Waals surface area contributed by atoms with Gasteiger partial charge in [-0.3, -0.25) is 14.4 Å². The molecule has 1 spiro atoms. The molecule has 0 radical (unpaired) electrons. The first-order valence-electron chi connectivity index (χ1n) is 17.7. The Morgan fingerprint density at radius 3 is 2.00 bits per heavy atom. The predicted molar refractivity (Wildman–Crippen MR) is 193 cm³/mol. The summed E-state index contributed by atoms with van der Waals surface area (Å²) in [7, 11) is 0. The molecule has 10 nitrogen and oxygen atoms in total. The Hall–Kier alpha value is -4.15. The van der Waals surface area contributed by atoms with Crippen LogP contribution < -0.4 is 19.4 Å². The standard InChI is InChI=1S/C39H52N4O6/c1-8-24-41(30-18-20-31(21-19-30)48-13-6)35(45)32-33-36(46)43(27(7)26-44)34(39(33)23-22-38(32,10-3)49-39)37(47)42(25-9-2)29-16-14-28(15-17-29)40(11-4)12-5/h8-9,14-21,27,32-34,44H,1-2,10-13,22-26H2,3-7H3/t27-,32+,33+,34?,38-,39?/m1/s1. The van der Waals surface area contributed by atoms with Crippen molar-refractivity contribution in [1.82, 2.24) is 4.90 Å². The van der Waals surface area contributed by atoms with Gasteiger partial charge in [0.15, 0.2) is 0 Å². The summed E-state index contributed by atoms with van der Waals surface area (Å²) in [6.45, 7) is 20.0. The van der Waals surface area contributed by atoms with Gasteiger partial charge in [0.2, 0.25) is 11.8 Å². The predicted octanol–water partition coefficient (Wildman–Crippen LogP) is 5.21. The Bertz CT molecular complexity index is 1520. The van der Waals surface area contributed by atoms with E-state index in [1.165, 1.54) is 4.90 Å². The summed E-state index contributed by atoms with van der Waals surface area (Å²) in [6.07, 6.45) is 4.80. The van der Waals surface area contributed by atoms with Crippen LogP contribution >= 0.6 is 0 Å². The lowest BCUT2D eigenvalue weighted by atomic mass is 9.64. The molecule has 0 saturated carbocycles. The molecule has 3 saturated heterocycles. The van der Waals surface area contributed by atoms with Gasteiger partial charge in [-0.1, -0.05) is 19.1 Å². The maximum Gasteiger partial charge on any atom is 0.253 e. The molecule has 3 amide bonds. The van der Waals surface area contributed by atoms with Gasteiger partial charge in [-0.2, -0.15) is 0 Å². The van der Waals surface area contributed by atoms with Gasteiger partial charge in [-0.15, -0.1) is 13.2 Å². The third-order valence-electron chi connectivity index (χ3n) is 10.8. The van der Waals surface area contributed by atoms with Crippen molar-refractivity contribution in [1.29, 1.82) is 0 Å². The number of anilines is 3. The van der Waals surface area contributed by atoms with Crippen LogP contribution in [0, 0.1) is 11.8 Å². The first kappa shape index (κ1) is 36.1. The summed E-state index contributed by atoms with van der Waals surface area (Å²) >= 11 is 0. The van der Waals surface area contributed by atoms with E-state index in [9.17, 15) is 19.5 Å². The molecule has 2 aromatic carbocycles. The molecule has 1 N–H and O–H groups in total. The second-order valence-electron chi connectivity index (χ2n) is 13.2. The minimum atomic E-state index is -1.24. The molecule has 2 bridgehead atoms. The van der Waals surface area contributed by atoms with Crippen molar-refractivity contribution >= 4 is 34.8 Å². The average molecular weight is 673 g/mol. The third-order valence-corrected chi connectivity index (χ3v) is 10.8. The Kier molecular flexibility index (Phi) is 10.9. The number of amides is 3. The molecule has 0 aliphatic carbocycles. The summed E-state index contributed by atoms with van der Waals surface area (Å²) in [5, 5.41) is 10.4. The number of benzene rings is 2. The topological polar surface area (TPSA) is 103 Å². The number of carbonyl (C=O) groups excluding carboxylic acids is 3. The number of nitrogens with zero attached hydrogens (tertiary/aromatic N) is 4. The molecule has 10 heteroatoms. The second-order valence-corrected chi connectivity index (χ2v) is 13.2. The SMILES string of the molecule is C=CCN(C(=O)C1N([C@H](C)CO)C(=O)[C@@H]2[C@@H](C(=O)N(CC=C)c3ccc(OCC)cc3)[C@@]3(CC)CCC12O3)c1ccc(N(CC)CC)cc1. The summed E-state index contributed by atoms with van der Waals surface area (Å²) in [5.41, 5.74) is 0.200. The molecule has 264 valence electrons. The smallest absolute Gasteiger partial charge is 0.253 e. The molecule has 5 rings (SSSR count). The van der Waals surface area contributed by atoms with E-state index < -0.39 is 35.1 Å². The van der Waals surface area contributed by atoms with Crippen LogP contribution in [0.15, 0.2) is 73.8 Å². The average Bonchev–Trinajstić information content (AvgIpc) is 3.73. The number of fused-ring (bicyclic) bond motifs is 1. The highest BCUT2D eigenvalue weighted by Gasteiger charge is 2.79. The van der Waals surface area contributed by atoms with E-state index in [-0.39, 0.29) is 37.4 Å². The Balaban J connectivity index is 1.58. The number of ether oxygens (including phenoxy) is 2. The van der Waals surface area contributed by atoms with E-state index in [2.05, 4.69) is 31.9 Å². The van der Waals surface area contributed by atoms with Gasteiger partial charge >= 0.3 is 0 Å². The van der Waals surface area contributed by atoms with Gasteiger partial charge in [0.25, 0.3) is 5.91 Å². The monoisotopic (exact) mass is 672 g/mol. The summed E-state index contributed by atoms with van der Waals surface area (Å²) in [6, 6.07) is 13.4. The molecule has 2 aromatic rings. The summed E-state index contributed by atoms with van der Waals surface area (Å²) < 4.78 is 12.6. The molecule has 3 aliphatic rings. The lowest BCUT2D eigenvalue weighted by molar-refractivity contribution is -0.149. The van der Waals surface area contributed by atoms with Crippen molar-refractivity contribution in [3.63, 3.8) is 0 Å². The quantitative estimate of drug-likeness (QED) is 0.245. The second kappa shape index (κ2) is 14.8. The number of aliphatic hydroxyl groups is 1. The molecule has 3 aliphatic heterocycles. The molecular weight excluding hydrogens is 620 g/mol. The van der Waals surface area contributed by atoms with Gasteiger partial charge in [0.1, 0.15) is 17.4 Å². The minimum Gasteiger partial charge on any atom is -0.494 e. The Labute approximate surface area is 290 Å². The fraction of sp³-hybridized carbons (Fsp3) is 0.513. The number of rotatable bonds is 16.